The lowest BCUT2D eigenvalue weighted by molar-refractivity contribution is 0.100. The van der Waals surface area contributed by atoms with Gasteiger partial charge in [-0.1, -0.05) is 25.5 Å². The van der Waals surface area contributed by atoms with E-state index in [1.54, 1.807) is 6.07 Å². The Morgan fingerprint density at radius 2 is 2.06 bits per heavy atom. The van der Waals surface area contributed by atoms with Crippen LogP contribution in [0.4, 0.5) is 0 Å². The lowest BCUT2D eigenvalue weighted by Crippen LogP contribution is -2.24. The Morgan fingerprint density at radius 1 is 1.35 bits per heavy atom. The fourth-order valence-electron chi connectivity index (χ4n) is 1.42. The molecule has 0 saturated carbocycles. The van der Waals surface area contributed by atoms with Crippen molar-refractivity contribution in [1.29, 1.82) is 0 Å². The third kappa shape index (κ3) is 5.36. The number of rotatable bonds is 4. The van der Waals surface area contributed by atoms with Gasteiger partial charge in [-0.2, -0.15) is 4.99 Å². The molecule has 0 unspecified atom stereocenters. The summed E-state index contributed by atoms with van der Waals surface area (Å²) >= 11 is 0. The maximum atomic E-state index is 11.5. The Kier molecular flexibility index (Phi) is 6.98. The van der Waals surface area contributed by atoms with E-state index in [1.807, 2.05) is 18.2 Å². The number of amides is 1. The van der Waals surface area contributed by atoms with Crippen LogP contribution in [-0.4, -0.2) is 11.9 Å². The number of nitrogens with two attached hydrogens (primary N) is 2. The number of carbonyl (C=O) groups excluding carboxylic acids is 1. The highest BCUT2D eigenvalue weighted by Gasteiger charge is 2.04. The van der Waals surface area contributed by atoms with E-state index in [2.05, 4.69) is 11.9 Å². The molecule has 4 N–H and O–H groups in total. The molecule has 0 aliphatic carbocycles. The largest absolute Gasteiger partial charge is 0.370 e. The van der Waals surface area contributed by atoms with Gasteiger partial charge >= 0.3 is 0 Å². The fourth-order valence-corrected chi connectivity index (χ4v) is 1.42. The van der Waals surface area contributed by atoms with E-state index < -0.39 is 5.91 Å². The summed E-state index contributed by atoms with van der Waals surface area (Å²) in [5.74, 6) is -0.595. The zero-order valence-electron chi connectivity index (χ0n) is 9.85. The number of hydrogen-bond acceptors (Lipinski definition) is 1. The molecular weight excluding hydrogens is 238 g/mol. The Labute approximate surface area is 108 Å². The zero-order chi connectivity index (χ0) is 12.0. The van der Waals surface area contributed by atoms with Crippen molar-refractivity contribution in [2.24, 2.45) is 16.5 Å². The van der Waals surface area contributed by atoms with E-state index in [0.717, 1.165) is 24.8 Å². The van der Waals surface area contributed by atoms with Gasteiger partial charge in [0, 0.05) is 5.56 Å². The highest BCUT2D eigenvalue weighted by atomic mass is 35.5. The van der Waals surface area contributed by atoms with Gasteiger partial charge in [0.25, 0.3) is 5.91 Å². The van der Waals surface area contributed by atoms with Gasteiger partial charge in [0.1, 0.15) is 0 Å². The van der Waals surface area contributed by atoms with E-state index in [1.165, 1.54) is 0 Å². The SMILES string of the molecule is CCCCc1cccc(C(=O)N=C(N)N)c1.Cl. The first-order valence-corrected chi connectivity index (χ1v) is 5.36. The molecule has 5 heteroatoms. The van der Waals surface area contributed by atoms with Gasteiger partial charge in [-0.25, -0.2) is 0 Å². The van der Waals surface area contributed by atoms with Gasteiger partial charge < -0.3 is 11.5 Å². The molecular formula is C12H18ClN3O. The molecule has 0 spiro atoms. The van der Waals surface area contributed by atoms with Crippen LogP contribution in [0.15, 0.2) is 29.3 Å². The molecule has 17 heavy (non-hydrogen) atoms. The van der Waals surface area contributed by atoms with E-state index in [4.69, 9.17) is 11.5 Å². The quantitative estimate of drug-likeness (QED) is 0.637. The lowest BCUT2D eigenvalue weighted by atomic mass is 10.1. The lowest BCUT2D eigenvalue weighted by Gasteiger charge is -2.01. The number of unbranched alkanes of at least 4 members (excludes halogenated alkanes) is 1. The highest BCUT2D eigenvalue weighted by Crippen LogP contribution is 2.09. The molecule has 0 atom stereocenters. The average Bonchev–Trinajstić information content (AvgIpc) is 2.26. The molecule has 1 amide bonds. The summed E-state index contributed by atoms with van der Waals surface area (Å²) in [5.41, 5.74) is 12.0. The van der Waals surface area contributed by atoms with Crippen LogP contribution in [0.5, 0.6) is 0 Å². The number of aliphatic imine (C=N–C) groups is 1. The molecule has 0 heterocycles. The van der Waals surface area contributed by atoms with E-state index >= 15 is 0 Å². The second-order valence-corrected chi connectivity index (χ2v) is 3.65. The van der Waals surface area contributed by atoms with Crippen molar-refractivity contribution in [3.05, 3.63) is 35.4 Å². The zero-order valence-corrected chi connectivity index (χ0v) is 10.7. The Bertz CT molecular complexity index is 400. The number of guanidine groups is 1. The van der Waals surface area contributed by atoms with Crippen molar-refractivity contribution >= 4 is 24.3 Å². The summed E-state index contributed by atoms with van der Waals surface area (Å²) in [6, 6.07) is 7.40. The minimum atomic E-state index is -0.390. The first-order valence-electron chi connectivity index (χ1n) is 5.36. The smallest absolute Gasteiger partial charge is 0.280 e. The number of nitrogens with zero attached hydrogens (tertiary/aromatic N) is 1. The molecule has 1 rings (SSSR count). The van der Waals surface area contributed by atoms with Crippen molar-refractivity contribution in [2.75, 3.05) is 0 Å². The van der Waals surface area contributed by atoms with E-state index in [0.29, 0.717) is 5.56 Å². The Morgan fingerprint density at radius 3 is 2.65 bits per heavy atom. The number of hydrogen-bond donors (Lipinski definition) is 2. The summed E-state index contributed by atoms with van der Waals surface area (Å²) in [7, 11) is 0. The van der Waals surface area contributed by atoms with Gasteiger partial charge in [0.15, 0.2) is 5.96 Å². The third-order valence-electron chi connectivity index (χ3n) is 2.22. The van der Waals surface area contributed by atoms with Crippen LogP contribution in [0.2, 0.25) is 0 Å². The van der Waals surface area contributed by atoms with Crippen LogP contribution in [0.1, 0.15) is 35.7 Å². The van der Waals surface area contributed by atoms with Crippen LogP contribution >= 0.6 is 12.4 Å². The van der Waals surface area contributed by atoms with Crippen LogP contribution < -0.4 is 11.5 Å². The second-order valence-electron chi connectivity index (χ2n) is 3.65. The van der Waals surface area contributed by atoms with Gasteiger partial charge in [0.05, 0.1) is 0 Å². The van der Waals surface area contributed by atoms with Crippen LogP contribution in [0, 0.1) is 0 Å². The summed E-state index contributed by atoms with van der Waals surface area (Å²) in [4.78, 5) is 15.0. The predicted octanol–water partition coefficient (Wildman–Crippen LogP) is 1.86. The molecule has 0 saturated heterocycles. The number of aryl methyl sites for hydroxylation is 1. The molecule has 0 fully saturated rings. The van der Waals surface area contributed by atoms with Crippen molar-refractivity contribution < 1.29 is 4.79 Å². The predicted molar refractivity (Wildman–Crippen MR) is 72.4 cm³/mol. The number of carbonyl (C=O) groups is 1. The van der Waals surface area contributed by atoms with Crippen molar-refractivity contribution in [1.82, 2.24) is 0 Å². The van der Waals surface area contributed by atoms with E-state index in [9.17, 15) is 4.79 Å². The minimum Gasteiger partial charge on any atom is -0.370 e. The fraction of sp³-hybridized carbons (Fsp3) is 0.333. The maximum absolute atomic E-state index is 11.5. The summed E-state index contributed by atoms with van der Waals surface area (Å²) in [6.07, 6.45) is 3.21. The third-order valence-corrected chi connectivity index (χ3v) is 2.22. The monoisotopic (exact) mass is 255 g/mol. The van der Waals surface area contributed by atoms with Crippen LogP contribution in [0.25, 0.3) is 0 Å². The van der Waals surface area contributed by atoms with Crippen LogP contribution in [-0.2, 0) is 6.42 Å². The van der Waals surface area contributed by atoms with Crippen molar-refractivity contribution in [3.8, 4) is 0 Å². The van der Waals surface area contributed by atoms with Crippen molar-refractivity contribution in [2.45, 2.75) is 26.2 Å². The van der Waals surface area contributed by atoms with Crippen LogP contribution in [0.3, 0.4) is 0 Å². The topological polar surface area (TPSA) is 81.5 Å². The summed E-state index contributed by atoms with van der Waals surface area (Å²) < 4.78 is 0. The maximum Gasteiger partial charge on any atom is 0.280 e. The van der Waals surface area contributed by atoms with Gasteiger partial charge in [0.2, 0.25) is 0 Å². The normalized spacial score (nSPS) is 9.24. The van der Waals surface area contributed by atoms with E-state index in [-0.39, 0.29) is 18.4 Å². The molecule has 0 aliphatic heterocycles. The minimum absolute atomic E-state index is 0. The second kappa shape index (κ2) is 7.68. The molecule has 0 bridgehead atoms. The van der Waals surface area contributed by atoms with Gasteiger partial charge in [-0.15, -0.1) is 12.4 Å². The first kappa shape index (κ1) is 15.4. The summed E-state index contributed by atoms with van der Waals surface area (Å²) in [5, 5.41) is 0. The molecule has 1 aromatic carbocycles. The van der Waals surface area contributed by atoms with Gasteiger partial charge in [-0.3, -0.25) is 4.79 Å². The average molecular weight is 256 g/mol. The van der Waals surface area contributed by atoms with Gasteiger partial charge in [-0.05, 0) is 30.5 Å². The van der Waals surface area contributed by atoms with Crippen molar-refractivity contribution in [3.63, 3.8) is 0 Å². The highest BCUT2D eigenvalue weighted by molar-refractivity contribution is 6.01. The first-order chi connectivity index (χ1) is 7.63. The summed E-state index contributed by atoms with van der Waals surface area (Å²) in [6.45, 7) is 2.13. The molecule has 0 aliphatic rings. The number of halogens is 1. The number of benzene rings is 1. The molecule has 0 radical (unpaired) electrons. The molecule has 0 aromatic heterocycles. The molecule has 4 nitrogen and oxygen atoms in total. The molecule has 1 aromatic rings. The Hall–Kier alpha value is -1.55. The molecule has 94 valence electrons. The standard InChI is InChI=1S/C12H17N3O.ClH/c1-2-3-5-9-6-4-7-10(8-9)11(16)15-12(13)14;/h4,6-8H,2-3,5H2,1H3,(H4,13,14,15,16);1H. The Balaban J connectivity index is 0.00000256.